The van der Waals surface area contributed by atoms with Gasteiger partial charge in [-0.05, 0) is 68.9 Å². The minimum absolute atomic E-state index is 0.209. The van der Waals surface area contributed by atoms with Crippen LogP contribution in [-0.4, -0.2) is 32.2 Å². The van der Waals surface area contributed by atoms with Crippen molar-refractivity contribution in [2.45, 2.75) is 44.1 Å². The van der Waals surface area contributed by atoms with Gasteiger partial charge in [0.15, 0.2) is 0 Å². The topological polar surface area (TPSA) is 36.1 Å². The predicted octanol–water partition coefficient (Wildman–Crippen LogP) is 3.26. The molecule has 2 aliphatic rings. The average molecular weight is 309 g/mol. The molecule has 2 saturated heterocycles. The fraction of sp³-hybridized carbons (Fsp3) is 0.647. The van der Waals surface area contributed by atoms with Crippen LogP contribution < -0.4 is 16.0 Å². The van der Waals surface area contributed by atoms with Gasteiger partial charge >= 0.3 is 0 Å². The zero-order valence-electron chi connectivity index (χ0n) is 12.9. The molecule has 1 aromatic carbocycles. The normalized spacial score (nSPS) is 23.7. The first kappa shape index (κ1) is 15.7. The lowest BCUT2D eigenvalue weighted by atomic mass is 9.87. The number of nitrogens with one attached hydrogen (secondary N) is 3. The molecule has 1 atom stereocenters. The Labute approximate surface area is 130 Å². The highest BCUT2D eigenvalue weighted by Crippen LogP contribution is 2.35. The van der Waals surface area contributed by atoms with Crippen molar-refractivity contribution in [3.8, 4) is 0 Å². The molecule has 2 heterocycles. The monoisotopic (exact) mass is 309 g/mol. The van der Waals surface area contributed by atoms with E-state index in [4.69, 9.17) is 0 Å². The molecule has 0 radical (unpaired) electrons. The van der Waals surface area contributed by atoms with Crippen LogP contribution in [0.2, 0.25) is 0 Å². The molecule has 0 aliphatic carbocycles. The van der Waals surface area contributed by atoms with Crippen molar-refractivity contribution in [1.82, 2.24) is 10.6 Å². The molecule has 2 fully saturated rings. The molecule has 0 bridgehead atoms. The summed E-state index contributed by atoms with van der Waals surface area (Å²) in [5.41, 5.74) is 1.87. The smallest absolute Gasteiger partial charge is 0.264 e. The highest BCUT2D eigenvalue weighted by atomic mass is 19.3. The molecule has 1 unspecified atom stereocenters. The van der Waals surface area contributed by atoms with Gasteiger partial charge in [0.25, 0.3) is 6.43 Å². The fourth-order valence-corrected chi connectivity index (χ4v) is 3.57. The van der Waals surface area contributed by atoms with E-state index >= 15 is 0 Å². The van der Waals surface area contributed by atoms with Gasteiger partial charge < -0.3 is 16.0 Å². The quantitative estimate of drug-likeness (QED) is 0.799. The minimum Gasteiger partial charge on any atom is -0.381 e. The number of hydrogen-bond donors (Lipinski definition) is 3. The van der Waals surface area contributed by atoms with Crippen molar-refractivity contribution in [2.24, 2.45) is 0 Å². The maximum absolute atomic E-state index is 13.5. The summed E-state index contributed by atoms with van der Waals surface area (Å²) >= 11 is 0. The molecule has 2 aliphatic heterocycles. The van der Waals surface area contributed by atoms with E-state index < -0.39 is 6.43 Å². The second-order valence-electron chi connectivity index (χ2n) is 6.36. The van der Waals surface area contributed by atoms with Crippen LogP contribution in [0.5, 0.6) is 0 Å². The second kappa shape index (κ2) is 7.38. The van der Waals surface area contributed by atoms with Gasteiger partial charge in [0.2, 0.25) is 0 Å². The van der Waals surface area contributed by atoms with Crippen molar-refractivity contribution in [3.63, 3.8) is 0 Å². The first-order chi connectivity index (χ1) is 10.7. The van der Waals surface area contributed by atoms with E-state index in [1.54, 1.807) is 6.07 Å². The maximum Gasteiger partial charge on any atom is 0.264 e. The van der Waals surface area contributed by atoms with E-state index in [0.29, 0.717) is 6.04 Å². The van der Waals surface area contributed by atoms with Gasteiger partial charge in [-0.1, -0.05) is 6.07 Å². The van der Waals surface area contributed by atoms with Crippen LogP contribution in [0, 0.1) is 0 Å². The molecule has 0 spiro atoms. The molecule has 0 amide bonds. The van der Waals surface area contributed by atoms with Gasteiger partial charge in [0.05, 0.1) is 0 Å². The molecule has 3 rings (SSSR count). The van der Waals surface area contributed by atoms with Gasteiger partial charge in [-0.25, -0.2) is 8.78 Å². The van der Waals surface area contributed by atoms with Crippen molar-refractivity contribution in [1.29, 1.82) is 0 Å². The zero-order valence-corrected chi connectivity index (χ0v) is 12.9. The largest absolute Gasteiger partial charge is 0.381 e. The number of rotatable bonds is 4. The van der Waals surface area contributed by atoms with Gasteiger partial charge in [-0.2, -0.15) is 0 Å². The maximum atomic E-state index is 13.5. The summed E-state index contributed by atoms with van der Waals surface area (Å²) in [6.07, 6.45) is 1.70. The molecule has 3 nitrogen and oxygen atoms in total. The predicted molar refractivity (Wildman–Crippen MR) is 85.8 cm³/mol. The molecule has 0 saturated carbocycles. The van der Waals surface area contributed by atoms with Crippen LogP contribution in [0.1, 0.15) is 49.2 Å². The molecular formula is C17H25F2N3. The summed E-state index contributed by atoms with van der Waals surface area (Å²) in [6.45, 7) is 3.79. The number of piperidine rings is 2. The summed E-state index contributed by atoms with van der Waals surface area (Å²) in [6, 6.07) is 5.88. The average Bonchev–Trinajstić information content (AvgIpc) is 2.56. The van der Waals surface area contributed by atoms with E-state index in [1.807, 2.05) is 12.1 Å². The first-order valence-electron chi connectivity index (χ1n) is 8.34. The second-order valence-corrected chi connectivity index (χ2v) is 6.36. The van der Waals surface area contributed by atoms with Crippen LogP contribution in [0.25, 0.3) is 0 Å². The summed E-state index contributed by atoms with van der Waals surface area (Å²) in [4.78, 5) is 0. The third-order valence-corrected chi connectivity index (χ3v) is 4.77. The molecule has 0 aromatic heterocycles. The van der Waals surface area contributed by atoms with E-state index in [-0.39, 0.29) is 11.5 Å². The van der Waals surface area contributed by atoms with Crippen LogP contribution >= 0.6 is 0 Å². The molecule has 122 valence electrons. The lowest BCUT2D eigenvalue weighted by Gasteiger charge is -2.27. The molecule has 3 N–H and O–H groups in total. The first-order valence-corrected chi connectivity index (χ1v) is 8.34. The van der Waals surface area contributed by atoms with Gasteiger partial charge in [0, 0.05) is 23.8 Å². The van der Waals surface area contributed by atoms with Gasteiger partial charge in [-0.3, -0.25) is 0 Å². The Hall–Kier alpha value is -1.20. The molecule has 1 aromatic rings. The minimum atomic E-state index is -2.41. The number of halogens is 2. The third-order valence-electron chi connectivity index (χ3n) is 4.77. The van der Waals surface area contributed by atoms with Crippen molar-refractivity contribution < 1.29 is 8.78 Å². The number of benzene rings is 1. The van der Waals surface area contributed by atoms with Crippen molar-refractivity contribution in [3.05, 3.63) is 29.3 Å². The summed E-state index contributed by atoms with van der Waals surface area (Å²) in [5, 5.41) is 10.0. The van der Waals surface area contributed by atoms with E-state index in [2.05, 4.69) is 16.0 Å². The molecule has 22 heavy (non-hydrogen) atoms. The summed E-state index contributed by atoms with van der Waals surface area (Å²) in [5.74, 6) is 0.260. The van der Waals surface area contributed by atoms with Crippen molar-refractivity contribution >= 4 is 5.69 Å². The van der Waals surface area contributed by atoms with E-state index in [0.717, 1.165) is 63.1 Å². The van der Waals surface area contributed by atoms with Crippen molar-refractivity contribution in [2.75, 3.05) is 31.5 Å². The van der Waals surface area contributed by atoms with E-state index in [1.165, 1.54) is 0 Å². The van der Waals surface area contributed by atoms with E-state index in [9.17, 15) is 8.78 Å². The lowest BCUT2D eigenvalue weighted by molar-refractivity contribution is 0.149. The molecule has 5 heteroatoms. The summed E-state index contributed by atoms with van der Waals surface area (Å²) < 4.78 is 27.0. The van der Waals surface area contributed by atoms with Crippen LogP contribution in [-0.2, 0) is 0 Å². The Morgan fingerprint density at radius 1 is 1.05 bits per heavy atom. The van der Waals surface area contributed by atoms with Crippen LogP contribution in [0.15, 0.2) is 18.2 Å². The zero-order chi connectivity index (χ0) is 15.4. The third kappa shape index (κ3) is 3.76. The van der Waals surface area contributed by atoms with Crippen LogP contribution in [0.3, 0.4) is 0 Å². The Balaban J connectivity index is 1.76. The molecular weight excluding hydrogens is 284 g/mol. The Morgan fingerprint density at radius 3 is 2.55 bits per heavy atom. The number of anilines is 1. The fourth-order valence-electron chi connectivity index (χ4n) is 3.57. The number of alkyl halides is 2. The Kier molecular flexibility index (Phi) is 5.26. The van der Waals surface area contributed by atoms with Crippen LogP contribution in [0.4, 0.5) is 14.5 Å². The lowest BCUT2D eigenvalue weighted by Crippen LogP contribution is -2.38. The highest BCUT2D eigenvalue weighted by Gasteiger charge is 2.23. The standard InChI is InChI=1S/C17H25F2N3/c18-17(19)16-10-13(22-14-2-1-7-21-11-14)3-4-15(16)12-5-8-20-9-6-12/h3-4,10,12,14,17,20-22H,1-2,5-9,11H2. The highest BCUT2D eigenvalue weighted by molar-refractivity contribution is 5.51. The Bertz CT molecular complexity index is 481. The van der Waals surface area contributed by atoms with Gasteiger partial charge in [0.1, 0.15) is 0 Å². The van der Waals surface area contributed by atoms with Gasteiger partial charge in [-0.15, -0.1) is 0 Å². The number of hydrogen-bond acceptors (Lipinski definition) is 3. The SMILES string of the molecule is FC(F)c1cc(NC2CCCNC2)ccc1C1CCNCC1. The summed E-state index contributed by atoms with van der Waals surface area (Å²) in [7, 11) is 0. The Morgan fingerprint density at radius 2 is 1.86 bits per heavy atom.